The molecule has 1 aromatic carbocycles. The highest BCUT2D eigenvalue weighted by atomic mass is 16.7. The van der Waals surface area contributed by atoms with Crippen LogP contribution in [-0.2, 0) is 19.2 Å². The van der Waals surface area contributed by atoms with E-state index in [2.05, 4.69) is 22.7 Å². The molecule has 0 bridgehead atoms. The molecule has 2 rings (SSSR count). The second-order valence-electron chi connectivity index (χ2n) is 9.51. The number of nitrogens with zero attached hydrogens (tertiary/aromatic N) is 4. The van der Waals surface area contributed by atoms with Gasteiger partial charge in [0.1, 0.15) is 6.04 Å². The molecule has 4 amide bonds. The Labute approximate surface area is 235 Å². The maximum Gasteiger partial charge on any atom is 0.435 e. The average Bonchev–Trinajstić information content (AvgIpc) is 3.27. The monoisotopic (exact) mass is 565 g/mol. The van der Waals surface area contributed by atoms with Crippen molar-refractivity contribution in [2.24, 2.45) is 10.9 Å². The first-order valence-corrected chi connectivity index (χ1v) is 13.1. The molecule has 1 fully saturated rings. The summed E-state index contributed by atoms with van der Waals surface area (Å²) in [5.74, 6) is -0.594. The van der Waals surface area contributed by atoms with E-state index in [1.165, 1.54) is 4.90 Å². The van der Waals surface area contributed by atoms with Crippen molar-refractivity contribution < 1.29 is 34.2 Å². The first kappa shape index (κ1) is 34.1. The Bertz CT molecular complexity index is 1000. The molecule has 0 aliphatic carbocycles. The molecule has 14 nitrogen and oxygen atoms in total. The fraction of sp³-hybridized carbons (Fsp3) is 0.577. The van der Waals surface area contributed by atoms with E-state index >= 15 is 0 Å². The van der Waals surface area contributed by atoms with E-state index in [0.717, 1.165) is 19.3 Å². The van der Waals surface area contributed by atoms with Crippen molar-refractivity contribution >= 4 is 35.5 Å². The van der Waals surface area contributed by atoms with E-state index in [-0.39, 0.29) is 36.2 Å². The van der Waals surface area contributed by atoms with Gasteiger partial charge in [-0.05, 0) is 51.2 Å². The number of rotatable bonds is 14. The number of hydrogen-bond donors (Lipinski definition) is 3. The Hall–Kier alpha value is -3.91. The fourth-order valence-corrected chi connectivity index (χ4v) is 3.63. The lowest BCUT2D eigenvalue weighted by Gasteiger charge is -2.18. The van der Waals surface area contributed by atoms with Crippen LogP contribution in [0.3, 0.4) is 0 Å². The highest BCUT2D eigenvalue weighted by Gasteiger charge is 2.33. The second-order valence-corrected chi connectivity index (χ2v) is 9.51. The number of urea groups is 1. The van der Waals surface area contributed by atoms with Gasteiger partial charge in [-0.15, -0.1) is 0 Å². The Morgan fingerprint density at radius 1 is 1.12 bits per heavy atom. The summed E-state index contributed by atoms with van der Waals surface area (Å²) >= 11 is 0. The molecule has 0 saturated carbocycles. The molecule has 1 saturated heterocycles. The van der Waals surface area contributed by atoms with Crippen LogP contribution in [0.5, 0.6) is 0 Å². The van der Waals surface area contributed by atoms with Gasteiger partial charge in [-0.25, -0.2) is 9.59 Å². The van der Waals surface area contributed by atoms with Gasteiger partial charge in [-0.3, -0.25) is 14.4 Å². The van der Waals surface area contributed by atoms with Gasteiger partial charge in [0, 0.05) is 44.5 Å². The number of esters is 1. The van der Waals surface area contributed by atoms with Crippen molar-refractivity contribution in [3.63, 3.8) is 0 Å². The molecule has 14 heteroatoms. The Balaban J connectivity index is 0.00000800. The maximum absolute atomic E-state index is 12.8. The van der Waals surface area contributed by atoms with E-state index in [9.17, 15) is 19.2 Å². The standard InChI is InChI=1S/C26H41N7O6.H2O/c1-5-6-7-18-38-22(34)12-14-28-25(36)29-21-13-15-33(24(21)35)20-10-8-19(9-11-20)23(27)30-39-26(37)32(4)17-16-31(2)3;/h8-11,21H,5-7,12-18H2,1-4H3,(H2,27,30)(H2,28,29,36);1H2/t21-;/m0./s1. The van der Waals surface area contributed by atoms with Crippen molar-refractivity contribution in [2.75, 3.05) is 58.8 Å². The number of nitrogens with two attached hydrogens (primary N) is 1. The van der Waals surface area contributed by atoms with Gasteiger partial charge in [0.2, 0.25) is 5.91 Å². The Morgan fingerprint density at radius 3 is 2.48 bits per heavy atom. The van der Waals surface area contributed by atoms with Gasteiger partial charge in [0.25, 0.3) is 0 Å². The third-order valence-corrected chi connectivity index (χ3v) is 6.03. The number of likely N-dealkylation sites (N-methyl/N-ethyl adjacent to an activating group) is 2. The number of anilines is 1. The van der Waals surface area contributed by atoms with Gasteiger partial charge in [0.05, 0.1) is 13.0 Å². The van der Waals surface area contributed by atoms with Crippen LogP contribution in [0.1, 0.15) is 44.6 Å². The zero-order valence-corrected chi connectivity index (χ0v) is 23.8. The highest BCUT2D eigenvalue weighted by molar-refractivity contribution is 6.02. The van der Waals surface area contributed by atoms with Crippen LogP contribution in [0.2, 0.25) is 0 Å². The molecule has 1 heterocycles. The predicted octanol–water partition coefficient (Wildman–Crippen LogP) is 0.640. The third-order valence-electron chi connectivity index (χ3n) is 6.03. The first-order chi connectivity index (χ1) is 18.6. The van der Waals surface area contributed by atoms with Crippen LogP contribution in [0.15, 0.2) is 29.4 Å². The minimum atomic E-state index is -0.679. The molecular weight excluding hydrogens is 522 g/mol. The Morgan fingerprint density at radius 2 is 1.82 bits per heavy atom. The molecule has 6 N–H and O–H groups in total. The number of unbranched alkanes of at least 4 members (excludes halogenated alkanes) is 2. The summed E-state index contributed by atoms with van der Waals surface area (Å²) in [5, 5.41) is 8.95. The van der Waals surface area contributed by atoms with Gasteiger partial charge in [0.15, 0.2) is 5.84 Å². The average molecular weight is 566 g/mol. The number of oxime groups is 1. The summed E-state index contributed by atoms with van der Waals surface area (Å²) in [6.45, 7) is 4.15. The molecule has 0 spiro atoms. The molecule has 224 valence electrons. The van der Waals surface area contributed by atoms with Crippen molar-refractivity contribution in [1.29, 1.82) is 0 Å². The number of amides is 4. The van der Waals surface area contributed by atoms with Crippen molar-refractivity contribution in [2.45, 2.75) is 45.1 Å². The van der Waals surface area contributed by atoms with Gasteiger partial charge in [-0.1, -0.05) is 24.9 Å². The zero-order chi connectivity index (χ0) is 28.8. The van der Waals surface area contributed by atoms with E-state index in [0.29, 0.717) is 43.9 Å². The number of amidine groups is 1. The Kier molecular flexibility index (Phi) is 15.0. The smallest absolute Gasteiger partial charge is 0.435 e. The van der Waals surface area contributed by atoms with Gasteiger partial charge >= 0.3 is 18.1 Å². The topological polar surface area (TPSA) is 190 Å². The lowest BCUT2D eigenvalue weighted by atomic mass is 10.2. The molecular formula is C26H43N7O7. The lowest BCUT2D eigenvalue weighted by Crippen LogP contribution is -2.46. The number of benzene rings is 1. The molecule has 1 aliphatic rings. The number of carbonyl (C=O) groups excluding carboxylic acids is 4. The van der Waals surface area contributed by atoms with Gasteiger partial charge < -0.3 is 41.3 Å². The molecule has 0 unspecified atom stereocenters. The maximum atomic E-state index is 12.8. The van der Waals surface area contributed by atoms with E-state index in [1.54, 1.807) is 36.2 Å². The largest absolute Gasteiger partial charge is 0.466 e. The summed E-state index contributed by atoms with van der Waals surface area (Å²) in [6.07, 6.45) is 2.75. The van der Waals surface area contributed by atoms with Crippen LogP contribution in [0.4, 0.5) is 15.3 Å². The molecule has 1 aromatic rings. The van der Waals surface area contributed by atoms with Crippen molar-refractivity contribution in [3.8, 4) is 0 Å². The van der Waals surface area contributed by atoms with Crippen LogP contribution in [0, 0.1) is 0 Å². The lowest BCUT2D eigenvalue weighted by molar-refractivity contribution is -0.143. The van der Waals surface area contributed by atoms with Crippen LogP contribution in [-0.4, -0.2) is 105 Å². The fourth-order valence-electron chi connectivity index (χ4n) is 3.63. The summed E-state index contributed by atoms with van der Waals surface area (Å²) in [7, 11) is 5.42. The summed E-state index contributed by atoms with van der Waals surface area (Å²) in [4.78, 5) is 58.6. The molecule has 0 aromatic heterocycles. The number of ether oxygens (including phenoxy) is 1. The minimum absolute atomic E-state index is 0. The quantitative estimate of drug-likeness (QED) is 0.0731. The predicted molar refractivity (Wildman–Crippen MR) is 151 cm³/mol. The van der Waals surface area contributed by atoms with Crippen LogP contribution >= 0.6 is 0 Å². The van der Waals surface area contributed by atoms with Crippen LogP contribution < -0.4 is 21.3 Å². The van der Waals surface area contributed by atoms with Gasteiger partial charge in [-0.2, -0.15) is 0 Å². The molecule has 40 heavy (non-hydrogen) atoms. The van der Waals surface area contributed by atoms with E-state index < -0.39 is 18.2 Å². The summed E-state index contributed by atoms with van der Waals surface area (Å²) < 4.78 is 5.10. The second kappa shape index (κ2) is 17.6. The molecule has 0 radical (unpaired) electrons. The number of nitrogens with one attached hydrogen (secondary N) is 2. The molecule has 1 atom stereocenters. The first-order valence-electron chi connectivity index (χ1n) is 13.1. The minimum Gasteiger partial charge on any atom is -0.466 e. The van der Waals surface area contributed by atoms with E-state index in [4.69, 9.17) is 15.3 Å². The van der Waals surface area contributed by atoms with Crippen molar-refractivity contribution in [3.05, 3.63) is 29.8 Å². The summed E-state index contributed by atoms with van der Waals surface area (Å²) in [5.41, 5.74) is 7.10. The molecule has 1 aliphatic heterocycles. The van der Waals surface area contributed by atoms with Crippen molar-refractivity contribution in [1.82, 2.24) is 20.4 Å². The third kappa shape index (κ3) is 11.5. The SMILES string of the molecule is CCCCCOC(=O)CCNC(=O)N[C@H]1CCN(c2ccc(/C(N)=N/OC(=O)N(C)CCN(C)C)cc2)C1=O.O. The number of carbonyl (C=O) groups is 4. The zero-order valence-electron chi connectivity index (χ0n) is 23.8. The van der Waals surface area contributed by atoms with Crippen LogP contribution in [0.25, 0.3) is 0 Å². The number of hydrogen-bond acceptors (Lipinski definition) is 8. The summed E-state index contributed by atoms with van der Waals surface area (Å²) in [6, 6.07) is 5.54. The highest BCUT2D eigenvalue weighted by Crippen LogP contribution is 2.22. The van der Waals surface area contributed by atoms with E-state index in [1.807, 2.05) is 19.0 Å². The normalized spacial score (nSPS) is 14.9.